The van der Waals surface area contributed by atoms with Crippen molar-refractivity contribution in [1.29, 1.82) is 0 Å². The first-order valence-electron chi connectivity index (χ1n) is 10.9. The van der Waals surface area contributed by atoms with Gasteiger partial charge in [-0.15, -0.1) is 0 Å². The van der Waals surface area contributed by atoms with Gasteiger partial charge in [0.25, 0.3) is 10.9 Å². The minimum Gasteiger partial charge on any atom is -0.382 e. The van der Waals surface area contributed by atoms with E-state index in [2.05, 4.69) is 32.3 Å². The molecule has 1 aromatic rings. The first kappa shape index (κ1) is 23.3. The van der Waals surface area contributed by atoms with E-state index < -0.39 is 10.9 Å². The van der Waals surface area contributed by atoms with Crippen molar-refractivity contribution in [2.45, 2.75) is 50.6 Å². The monoisotopic (exact) mass is 420 g/mol. The van der Waals surface area contributed by atoms with Crippen LogP contribution in [0.4, 0.5) is 11.4 Å². The number of anilines is 2. The molecule has 2 aliphatic rings. The largest absolute Gasteiger partial charge is 0.382 e. The Morgan fingerprint density at radius 1 is 0.933 bits per heavy atom. The lowest BCUT2D eigenvalue weighted by Crippen LogP contribution is -2.40. The predicted molar refractivity (Wildman–Crippen MR) is 122 cm³/mol. The lowest BCUT2D eigenvalue weighted by atomic mass is 9.81. The van der Waals surface area contributed by atoms with E-state index in [4.69, 9.17) is 18.9 Å². The Labute approximate surface area is 179 Å². The summed E-state index contributed by atoms with van der Waals surface area (Å²) in [6, 6.07) is 0.272. The summed E-state index contributed by atoms with van der Waals surface area (Å²) in [7, 11) is 7.46. The molecule has 0 spiro atoms. The van der Waals surface area contributed by atoms with Gasteiger partial charge in [0.15, 0.2) is 0 Å². The molecular weight excluding hydrogens is 386 g/mol. The highest BCUT2D eigenvalue weighted by molar-refractivity contribution is 6.11. The molecule has 2 aliphatic heterocycles. The topological polar surface area (TPSA) is 95.1 Å². The van der Waals surface area contributed by atoms with E-state index in [1.165, 1.54) is 0 Å². The van der Waals surface area contributed by atoms with Gasteiger partial charge < -0.3 is 29.6 Å². The van der Waals surface area contributed by atoms with Gasteiger partial charge in [0.2, 0.25) is 0 Å². The molecule has 0 amide bonds. The fourth-order valence-electron chi connectivity index (χ4n) is 4.80. The number of hydrogen-bond donors (Lipinski definition) is 2. The van der Waals surface area contributed by atoms with Crippen molar-refractivity contribution >= 4 is 27.1 Å². The van der Waals surface area contributed by atoms with Crippen LogP contribution in [0.1, 0.15) is 20.3 Å². The van der Waals surface area contributed by atoms with E-state index in [0.29, 0.717) is 49.3 Å². The lowest BCUT2D eigenvalue weighted by Gasteiger charge is -2.23. The predicted octanol–water partition coefficient (Wildman–Crippen LogP) is -1.24. The van der Waals surface area contributed by atoms with Gasteiger partial charge in [0.1, 0.15) is 27.1 Å². The molecule has 1 aromatic carbocycles. The maximum Gasteiger partial charge on any atom is 0.253 e. The Morgan fingerprint density at radius 2 is 1.53 bits per heavy atom. The molecule has 8 nitrogen and oxygen atoms in total. The van der Waals surface area contributed by atoms with Crippen molar-refractivity contribution < 1.29 is 18.9 Å². The molecule has 0 aliphatic carbocycles. The molecule has 0 saturated carbocycles. The molecule has 8 atom stereocenters. The van der Waals surface area contributed by atoms with Gasteiger partial charge in [0, 0.05) is 51.2 Å². The zero-order chi connectivity index (χ0) is 22.0. The highest BCUT2D eigenvalue weighted by Crippen LogP contribution is 2.32. The third-order valence-corrected chi connectivity index (χ3v) is 7.06. The second-order valence-corrected chi connectivity index (χ2v) is 8.80. The Hall–Kier alpha value is -1.35. The first-order valence-corrected chi connectivity index (χ1v) is 10.9. The third-order valence-electron chi connectivity index (χ3n) is 7.06. The number of nitrogens with one attached hydrogen (secondary N) is 2. The van der Waals surface area contributed by atoms with Crippen LogP contribution < -0.4 is 21.5 Å². The van der Waals surface area contributed by atoms with E-state index in [9.17, 15) is 9.59 Å². The summed E-state index contributed by atoms with van der Waals surface area (Å²) in [4.78, 5) is 24.2. The van der Waals surface area contributed by atoms with E-state index in [0.717, 1.165) is 0 Å². The molecule has 30 heavy (non-hydrogen) atoms. The molecular formula is C20H34B2N2O6. The summed E-state index contributed by atoms with van der Waals surface area (Å²) in [5.41, 5.74) is -0.182. The molecule has 2 heterocycles. The minimum absolute atomic E-state index is 0.0233. The van der Waals surface area contributed by atoms with Gasteiger partial charge in [-0.1, -0.05) is 13.8 Å². The van der Waals surface area contributed by atoms with Crippen LogP contribution in [0.3, 0.4) is 0 Å². The van der Waals surface area contributed by atoms with Gasteiger partial charge in [0.05, 0.1) is 24.9 Å². The average molecular weight is 420 g/mol. The van der Waals surface area contributed by atoms with Crippen molar-refractivity contribution in [1.82, 2.24) is 0 Å². The highest BCUT2D eigenvalue weighted by atomic mass is 16.6. The van der Waals surface area contributed by atoms with E-state index in [1.54, 1.807) is 14.2 Å². The van der Waals surface area contributed by atoms with Gasteiger partial charge in [-0.2, -0.15) is 0 Å². The SMILES string of the molecule is B[C@@H]1O[C@H](COC)C(CNc2c(NCC[C@H]3O[C@@H](B)[C@@H](C)C3OC)c(=O)c2=O)[C@@H]1C. The summed E-state index contributed by atoms with van der Waals surface area (Å²) in [5.74, 6) is 0.853. The van der Waals surface area contributed by atoms with Crippen LogP contribution in [0.15, 0.2) is 9.59 Å². The normalized spacial score (nSPS) is 36.4. The maximum absolute atomic E-state index is 12.1. The van der Waals surface area contributed by atoms with Crippen LogP contribution in [0.2, 0.25) is 0 Å². The summed E-state index contributed by atoms with van der Waals surface area (Å²) in [6.45, 7) is 5.87. The highest BCUT2D eigenvalue weighted by Gasteiger charge is 2.40. The molecule has 2 fully saturated rings. The van der Waals surface area contributed by atoms with Gasteiger partial charge in [-0.3, -0.25) is 9.59 Å². The van der Waals surface area contributed by atoms with Crippen molar-refractivity contribution in [2.24, 2.45) is 17.8 Å². The number of methoxy groups -OCH3 is 2. The van der Waals surface area contributed by atoms with Crippen LogP contribution in [0.5, 0.6) is 0 Å². The lowest BCUT2D eigenvalue weighted by molar-refractivity contribution is 0.00399. The first-order chi connectivity index (χ1) is 14.3. The van der Waals surface area contributed by atoms with Crippen molar-refractivity contribution in [3.8, 4) is 0 Å². The molecule has 2 N–H and O–H groups in total. The molecule has 0 bridgehead atoms. The molecule has 2 saturated heterocycles. The van der Waals surface area contributed by atoms with E-state index >= 15 is 0 Å². The third kappa shape index (κ3) is 4.47. The molecule has 3 rings (SSSR count). The zero-order valence-electron chi connectivity index (χ0n) is 18.9. The Balaban J connectivity index is 1.56. The minimum atomic E-state index is -0.465. The second-order valence-electron chi connectivity index (χ2n) is 8.80. The summed E-state index contributed by atoms with van der Waals surface area (Å²) in [6.07, 6.45) is 0.690. The molecule has 10 heteroatoms. The Morgan fingerprint density at radius 3 is 2.17 bits per heavy atom. The van der Waals surface area contributed by atoms with Crippen molar-refractivity contribution in [2.75, 3.05) is 44.5 Å². The van der Waals surface area contributed by atoms with E-state index in [-0.39, 0.29) is 36.2 Å². The summed E-state index contributed by atoms with van der Waals surface area (Å²) >= 11 is 0. The van der Waals surface area contributed by atoms with Crippen LogP contribution in [-0.4, -0.2) is 79.9 Å². The smallest absolute Gasteiger partial charge is 0.253 e. The fraction of sp³-hybridized carbons (Fsp3) is 0.800. The van der Waals surface area contributed by atoms with Crippen LogP contribution in [0.25, 0.3) is 0 Å². The molecule has 2 unspecified atom stereocenters. The number of hydrogen-bond acceptors (Lipinski definition) is 8. The summed E-state index contributed by atoms with van der Waals surface area (Å²) < 4.78 is 22.8. The maximum atomic E-state index is 12.1. The van der Waals surface area contributed by atoms with Crippen LogP contribution >= 0.6 is 0 Å². The van der Waals surface area contributed by atoms with Gasteiger partial charge in [-0.05, 0) is 12.3 Å². The summed E-state index contributed by atoms with van der Waals surface area (Å²) in [5, 5.41) is 6.34. The van der Waals surface area contributed by atoms with Crippen LogP contribution in [-0.2, 0) is 18.9 Å². The molecule has 0 radical (unpaired) electrons. The number of rotatable bonds is 10. The standard InChI is InChI=1S/C20H34B2N2O6/c1-9-11(13(8-27-3)30-19(9)21)7-24-15-14(16(25)17(15)26)23-6-5-12-18(28-4)10(2)20(22)29-12/h9-13,18-20,23-24H,5-8,21-22H2,1-4H3/t9-,10-,11?,12+,13+,18?,19+,20+/m0/s1. The molecule has 166 valence electrons. The average Bonchev–Trinajstić information content (AvgIpc) is 3.15. The van der Waals surface area contributed by atoms with Crippen molar-refractivity contribution in [3.05, 3.63) is 20.4 Å². The van der Waals surface area contributed by atoms with Gasteiger partial charge in [-0.25, -0.2) is 0 Å². The zero-order valence-corrected chi connectivity index (χ0v) is 18.9. The second kappa shape index (κ2) is 9.85. The van der Waals surface area contributed by atoms with Crippen molar-refractivity contribution in [3.63, 3.8) is 0 Å². The van der Waals surface area contributed by atoms with E-state index in [1.807, 2.05) is 7.85 Å². The quantitative estimate of drug-likeness (QED) is 0.359. The van der Waals surface area contributed by atoms with Gasteiger partial charge >= 0.3 is 0 Å². The Kier molecular flexibility index (Phi) is 7.66. The Bertz CT molecular complexity index is 786. The number of ether oxygens (including phenoxy) is 4. The molecule has 0 aromatic heterocycles. The van der Waals surface area contributed by atoms with Crippen LogP contribution in [0, 0.1) is 17.8 Å². The fourth-order valence-corrected chi connectivity index (χ4v) is 4.80.